The lowest BCUT2D eigenvalue weighted by Crippen LogP contribution is -1.99. The molecule has 8 nitrogen and oxygen atoms in total. The second-order valence-electron chi connectivity index (χ2n) is 7.49. The van der Waals surface area contributed by atoms with E-state index in [9.17, 15) is 0 Å². The van der Waals surface area contributed by atoms with Gasteiger partial charge >= 0.3 is 0 Å². The van der Waals surface area contributed by atoms with Gasteiger partial charge in [0.25, 0.3) is 0 Å². The van der Waals surface area contributed by atoms with Crippen LogP contribution in [0.25, 0.3) is 27.7 Å². The predicted molar refractivity (Wildman–Crippen MR) is 132 cm³/mol. The zero-order valence-corrected chi connectivity index (χ0v) is 19.0. The van der Waals surface area contributed by atoms with Crippen LogP contribution in [-0.4, -0.2) is 37.9 Å². The van der Waals surface area contributed by atoms with Crippen LogP contribution in [0.15, 0.2) is 79.6 Å². The van der Waals surface area contributed by atoms with Crippen molar-refractivity contribution in [3.05, 3.63) is 79.6 Å². The predicted octanol–water partition coefficient (Wildman–Crippen LogP) is 5.42. The number of nitrogens with zero attached hydrogens (tertiary/aromatic N) is 5. The molecular formula is C26H24N6O2. The molecule has 1 N–H and O–H groups in total. The molecule has 5 rings (SSSR count). The molecule has 0 atom stereocenters. The highest BCUT2D eigenvalue weighted by Crippen LogP contribution is 2.35. The Balaban J connectivity index is 1.47. The van der Waals surface area contributed by atoms with Crippen LogP contribution in [0.3, 0.4) is 0 Å². The molecule has 8 heteroatoms. The van der Waals surface area contributed by atoms with E-state index >= 15 is 0 Å². The van der Waals surface area contributed by atoms with Gasteiger partial charge < -0.3 is 14.8 Å². The highest BCUT2D eigenvalue weighted by molar-refractivity contribution is 5.94. The summed E-state index contributed by atoms with van der Waals surface area (Å²) in [6, 6.07) is 20.1. The highest BCUT2D eigenvalue weighted by atomic mass is 16.5. The number of anilines is 2. The average molecular weight is 453 g/mol. The van der Waals surface area contributed by atoms with Crippen molar-refractivity contribution in [1.82, 2.24) is 24.7 Å². The number of ether oxygens (including phenoxy) is 2. The van der Waals surface area contributed by atoms with E-state index in [0.717, 1.165) is 50.7 Å². The molecular weight excluding hydrogens is 428 g/mol. The van der Waals surface area contributed by atoms with Gasteiger partial charge in [0, 0.05) is 11.1 Å². The third kappa shape index (κ3) is 4.38. The van der Waals surface area contributed by atoms with E-state index in [4.69, 9.17) is 9.47 Å². The first kappa shape index (κ1) is 21.4. The highest BCUT2D eigenvalue weighted by Gasteiger charge is 2.11. The molecule has 5 aromatic rings. The summed E-state index contributed by atoms with van der Waals surface area (Å²) in [6.45, 7) is 5.08. The number of rotatable bonds is 8. The van der Waals surface area contributed by atoms with Crippen molar-refractivity contribution in [3.8, 4) is 28.3 Å². The van der Waals surface area contributed by atoms with Gasteiger partial charge in [-0.3, -0.25) is 0 Å². The number of hydrogen-bond donors (Lipinski definition) is 1. The Morgan fingerprint density at radius 2 is 1.56 bits per heavy atom. The first-order valence-electron chi connectivity index (χ1n) is 11.1. The van der Waals surface area contributed by atoms with Crippen molar-refractivity contribution in [1.29, 1.82) is 0 Å². The fraction of sp³-hybridized carbons (Fsp3) is 0.154. The summed E-state index contributed by atoms with van der Waals surface area (Å²) in [5, 5.41) is 8.50. The third-order valence-electron chi connectivity index (χ3n) is 5.33. The summed E-state index contributed by atoms with van der Waals surface area (Å²) >= 11 is 0. The minimum Gasteiger partial charge on any atom is -0.490 e. The normalized spacial score (nSPS) is 10.9. The molecule has 0 aliphatic carbocycles. The van der Waals surface area contributed by atoms with Gasteiger partial charge in [-0.2, -0.15) is 5.10 Å². The second-order valence-corrected chi connectivity index (χ2v) is 7.49. The minimum absolute atomic E-state index is 0.568. The topological polar surface area (TPSA) is 87.0 Å². The van der Waals surface area contributed by atoms with Crippen LogP contribution in [0.4, 0.5) is 11.5 Å². The Morgan fingerprint density at radius 3 is 2.32 bits per heavy atom. The Bertz CT molecular complexity index is 1400. The van der Waals surface area contributed by atoms with E-state index in [2.05, 4.69) is 37.5 Å². The van der Waals surface area contributed by atoms with E-state index in [1.807, 2.05) is 62.4 Å². The van der Waals surface area contributed by atoms with E-state index in [-0.39, 0.29) is 0 Å². The van der Waals surface area contributed by atoms with E-state index in [0.29, 0.717) is 13.2 Å². The van der Waals surface area contributed by atoms with Crippen LogP contribution >= 0.6 is 0 Å². The molecule has 0 amide bonds. The van der Waals surface area contributed by atoms with E-state index < -0.39 is 0 Å². The quantitative estimate of drug-likeness (QED) is 0.336. The molecule has 0 bridgehead atoms. The Morgan fingerprint density at radius 1 is 0.794 bits per heavy atom. The fourth-order valence-corrected chi connectivity index (χ4v) is 3.74. The van der Waals surface area contributed by atoms with Crippen LogP contribution in [0.1, 0.15) is 13.8 Å². The minimum atomic E-state index is 0.568. The summed E-state index contributed by atoms with van der Waals surface area (Å²) in [4.78, 5) is 12.9. The van der Waals surface area contributed by atoms with Crippen molar-refractivity contribution < 1.29 is 9.47 Å². The van der Waals surface area contributed by atoms with Crippen molar-refractivity contribution in [2.24, 2.45) is 0 Å². The molecule has 170 valence electrons. The first-order valence-corrected chi connectivity index (χ1v) is 11.1. The summed E-state index contributed by atoms with van der Waals surface area (Å²) in [5.41, 5.74) is 4.76. The molecule has 0 aliphatic heterocycles. The zero-order chi connectivity index (χ0) is 23.3. The summed E-state index contributed by atoms with van der Waals surface area (Å²) < 4.78 is 13.2. The van der Waals surface area contributed by atoms with E-state index in [1.165, 1.54) is 6.33 Å². The molecule has 0 spiro atoms. The maximum absolute atomic E-state index is 5.81. The van der Waals surface area contributed by atoms with Gasteiger partial charge in [0.05, 0.1) is 24.4 Å². The molecule has 0 fully saturated rings. The molecule has 34 heavy (non-hydrogen) atoms. The Hall–Kier alpha value is -4.46. The standard InChI is InChI=1S/C26H24N6O2/c1-3-33-24-12-6-19(14-25(24)34-4-2)18-5-11-23-22(13-18)26(29-16-28-23)31-20-7-9-21(10-8-20)32-17-27-15-30-32/h5-17H,3-4H2,1-2H3,(H,28,29,31). The van der Waals surface area contributed by atoms with E-state index in [1.54, 1.807) is 17.3 Å². The SMILES string of the molecule is CCOc1ccc(-c2ccc3ncnc(Nc4ccc(-n5cncn5)cc4)c3c2)cc1OCC. The molecule has 0 saturated heterocycles. The summed E-state index contributed by atoms with van der Waals surface area (Å²) in [7, 11) is 0. The Kier molecular flexibility index (Phi) is 6.03. The van der Waals surface area contributed by atoms with Gasteiger partial charge in [0.2, 0.25) is 0 Å². The van der Waals surface area contributed by atoms with Crippen molar-refractivity contribution >= 4 is 22.4 Å². The summed E-state index contributed by atoms with van der Waals surface area (Å²) in [6.07, 6.45) is 4.75. The molecule has 0 aliphatic rings. The lowest BCUT2D eigenvalue weighted by molar-refractivity contribution is 0.288. The van der Waals surface area contributed by atoms with Crippen molar-refractivity contribution in [2.45, 2.75) is 13.8 Å². The molecule has 0 unspecified atom stereocenters. The third-order valence-corrected chi connectivity index (χ3v) is 5.33. The average Bonchev–Trinajstić information content (AvgIpc) is 3.41. The van der Waals surface area contributed by atoms with Crippen molar-refractivity contribution in [3.63, 3.8) is 0 Å². The van der Waals surface area contributed by atoms with Gasteiger partial charge in [-0.1, -0.05) is 12.1 Å². The van der Waals surface area contributed by atoms with Crippen LogP contribution in [0.5, 0.6) is 11.5 Å². The molecule has 3 aromatic carbocycles. The van der Waals surface area contributed by atoms with Gasteiger partial charge in [-0.05, 0) is 73.5 Å². The lowest BCUT2D eigenvalue weighted by Gasteiger charge is -2.13. The lowest BCUT2D eigenvalue weighted by atomic mass is 10.0. The van der Waals surface area contributed by atoms with Crippen LogP contribution in [0, 0.1) is 0 Å². The van der Waals surface area contributed by atoms with Crippen LogP contribution in [0.2, 0.25) is 0 Å². The first-order chi connectivity index (χ1) is 16.7. The van der Waals surface area contributed by atoms with Gasteiger partial charge in [-0.25, -0.2) is 19.6 Å². The zero-order valence-electron chi connectivity index (χ0n) is 19.0. The number of nitrogens with one attached hydrogen (secondary N) is 1. The number of hydrogen-bond acceptors (Lipinski definition) is 7. The molecule has 0 radical (unpaired) electrons. The molecule has 2 heterocycles. The fourth-order valence-electron chi connectivity index (χ4n) is 3.74. The largest absolute Gasteiger partial charge is 0.490 e. The number of fused-ring (bicyclic) bond motifs is 1. The monoisotopic (exact) mass is 452 g/mol. The maximum atomic E-state index is 5.81. The molecule has 0 saturated carbocycles. The Labute approximate surface area is 197 Å². The summed E-state index contributed by atoms with van der Waals surface area (Å²) in [5.74, 6) is 2.21. The van der Waals surface area contributed by atoms with Crippen LogP contribution < -0.4 is 14.8 Å². The molecule has 2 aromatic heterocycles. The number of aromatic nitrogens is 5. The maximum Gasteiger partial charge on any atom is 0.161 e. The van der Waals surface area contributed by atoms with Gasteiger partial charge in [0.1, 0.15) is 24.8 Å². The number of benzene rings is 3. The smallest absolute Gasteiger partial charge is 0.161 e. The van der Waals surface area contributed by atoms with Crippen molar-refractivity contribution in [2.75, 3.05) is 18.5 Å². The second kappa shape index (κ2) is 9.58. The van der Waals surface area contributed by atoms with Gasteiger partial charge in [-0.15, -0.1) is 0 Å². The van der Waals surface area contributed by atoms with Gasteiger partial charge in [0.15, 0.2) is 11.5 Å². The van der Waals surface area contributed by atoms with Crippen LogP contribution in [-0.2, 0) is 0 Å².